The normalized spacial score (nSPS) is 17.8. The van der Waals surface area contributed by atoms with Crippen LogP contribution in [0.25, 0.3) is 0 Å². The number of nitrogens with zero attached hydrogens (tertiary/aromatic N) is 1. The Morgan fingerprint density at radius 3 is 2.63 bits per heavy atom. The molecule has 30 heavy (non-hydrogen) atoms. The van der Waals surface area contributed by atoms with Crippen molar-refractivity contribution >= 4 is 5.91 Å². The van der Waals surface area contributed by atoms with Crippen LogP contribution >= 0.6 is 0 Å². The lowest BCUT2D eigenvalue weighted by Crippen LogP contribution is -2.31. The third kappa shape index (κ3) is 5.14. The number of likely N-dealkylation sites (tertiary alicyclic amines) is 1. The Balaban J connectivity index is 1.31. The maximum atomic E-state index is 12.4. The third-order valence-corrected chi connectivity index (χ3v) is 5.85. The zero-order chi connectivity index (χ0) is 21.0. The molecule has 1 fully saturated rings. The molecule has 2 heterocycles. The second-order valence-electron chi connectivity index (χ2n) is 8.95. The summed E-state index contributed by atoms with van der Waals surface area (Å²) in [5, 5.41) is 3.01. The summed E-state index contributed by atoms with van der Waals surface area (Å²) in [6.07, 6.45) is 4.74. The number of amides is 1. The largest absolute Gasteiger partial charge is 0.483 e. The van der Waals surface area contributed by atoms with Crippen molar-refractivity contribution in [2.45, 2.75) is 58.2 Å². The van der Waals surface area contributed by atoms with E-state index in [0.29, 0.717) is 12.3 Å². The number of fused-ring (bicyclic) bond motifs is 1. The number of ether oxygens (including phenoxy) is 2. The highest BCUT2D eigenvalue weighted by molar-refractivity contribution is 5.77. The first-order chi connectivity index (χ1) is 14.5. The van der Waals surface area contributed by atoms with Crippen LogP contribution in [-0.4, -0.2) is 36.1 Å². The van der Waals surface area contributed by atoms with Gasteiger partial charge in [0.1, 0.15) is 5.60 Å². The van der Waals surface area contributed by atoms with Crippen molar-refractivity contribution in [1.29, 1.82) is 0 Å². The van der Waals surface area contributed by atoms with E-state index in [0.717, 1.165) is 37.4 Å². The van der Waals surface area contributed by atoms with Crippen LogP contribution in [0.15, 0.2) is 42.5 Å². The molecule has 0 atom stereocenters. The van der Waals surface area contributed by atoms with Gasteiger partial charge >= 0.3 is 0 Å². The first-order valence-corrected chi connectivity index (χ1v) is 11.0. The monoisotopic (exact) mass is 408 g/mol. The highest BCUT2D eigenvalue weighted by atomic mass is 16.5. The highest BCUT2D eigenvalue weighted by Crippen LogP contribution is 2.41. The summed E-state index contributed by atoms with van der Waals surface area (Å²) >= 11 is 0. The van der Waals surface area contributed by atoms with Gasteiger partial charge in [0.15, 0.2) is 18.1 Å². The van der Waals surface area contributed by atoms with E-state index in [1.807, 2.05) is 18.2 Å². The molecule has 2 aromatic rings. The molecule has 160 valence electrons. The molecule has 0 radical (unpaired) electrons. The van der Waals surface area contributed by atoms with Gasteiger partial charge in [-0.3, -0.25) is 9.69 Å². The smallest absolute Gasteiger partial charge is 0.258 e. The van der Waals surface area contributed by atoms with E-state index < -0.39 is 0 Å². The van der Waals surface area contributed by atoms with Crippen LogP contribution < -0.4 is 14.8 Å². The summed E-state index contributed by atoms with van der Waals surface area (Å²) < 4.78 is 11.8. The van der Waals surface area contributed by atoms with Crippen LogP contribution in [0.4, 0.5) is 0 Å². The Kier molecular flexibility index (Phi) is 6.28. The molecule has 0 aliphatic carbocycles. The Morgan fingerprint density at radius 2 is 1.83 bits per heavy atom. The summed E-state index contributed by atoms with van der Waals surface area (Å²) in [5.74, 6) is 1.28. The van der Waals surface area contributed by atoms with E-state index in [4.69, 9.17) is 9.47 Å². The number of para-hydroxylation sites is 1. The molecular formula is C25H32N2O3. The summed E-state index contributed by atoms with van der Waals surface area (Å²) in [6.45, 7) is 7.89. The molecule has 1 N–H and O–H groups in total. The predicted octanol–water partition coefficient (Wildman–Crippen LogP) is 4.08. The van der Waals surface area contributed by atoms with Crippen molar-refractivity contribution in [1.82, 2.24) is 10.2 Å². The van der Waals surface area contributed by atoms with Crippen LogP contribution in [0.2, 0.25) is 0 Å². The summed E-state index contributed by atoms with van der Waals surface area (Å²) in [5.41, 5.74) is 3.35. The minimum absolute atomic E-state index is 0.0193. The first-order valence-electron chi connectivity index (χ1n) is 11.0. The predicted molar refractivity (Wildman–Crippen MR) is 118 cm³/mol. The molecule has 2 aliphatic rings. The van der Waals surface area contributed by atoms with Crippen molar-refractivity contribution in [3.8, 4) is 11.5 Å². The molecule has 0 unspecified atom stereocenters. The summed E-state index contributed by atoms with van der Waals surface area (Å²) in [4.78, 5) is 14.9. The fourth-order valence-corrected chi connectivity index (χ4v) is 4.33. The first kappa shape index (κ1) is 20.7. The van der Waals surface area contributed by atoms with Gasteiger partial charge in [0.05, 0.1) is 0 Å². The molecule has 1 amide bonds. The molecule has 1 saturated heterocycles. The topological polar surface area (TPSA) is 50.8 Å². The van der Waals surface area contributed by atoms with E-state index in [1.54, 1.807) is 0 Å². The Bertz CT molecular complexity index is 888. The maximum absolute atomic E-state index is 12.4. The highest BCUT2D eigenvalue weighted by Gasteiger charge is 2.32. The van der Waals surface area contributed by atoms with Gasteiger partial charge in [0.2, 0.25) is 0 Å². The van der Waals surface area contributed by atoms with Gasteiger partial charge in [0, 0.05) is 25.1 Å². The van der Waals surface area contributed by atoms with Crippen molar-refractivity contribution in [3.05, 3.63) is 59.2 Å². The Morgan fingerprint density at radius 1 is 1.07 bits per heavy atom. The van der Waals surface area contributed by atoms with Gasteiger partial charge in [-0.1, -0.05) is 42.8 Å². The van der Waals surface area contributed by atoms with Crippen LogP contribution in [0.3, 0.4) is 0 Å². The lowest BCUT2D eigenvalue weighted by atomic mass is 10.0. The van der Waals surface area contributed by atoms with Gasteiger partial charge in [0.25, 0.3) is 5.91 Å². The minimum Gasteiger partial charge on any atom is -0.483 e. The van der Waals surface area contributed by atoms with Crippen molar-refractivity contribution in [2.24, 2.45) is 0 Å². The van der Waals surface area contributed by atoms with Gasteiger partial charge in [-0.05, 0) is 57.0 Å². The van der Waals surface area contributed by atoms with E-state index in [1.165, 1.54) is 30.4 Å². The summed E-state index contributed by atoms with van der Waals surface area (Å²) in [6, 6.07) is 14.2. The zero-order valence-corrected chi connectivity index (χ0v) is 18.1. The molecule has 4 rings (SSSR count). The molecule has 2 aliphatic heterocycles. The Hall–Kier alpha value is -2.53. The van der Waals surface area contributed by atoms with Crippen LogP contribution in [-0.2, 0) is 24.3 Å². The number of rotatable bonds is 7. The average molecular weight is 409 g/mol. The molecule has 0 aromatic heterocycles. The maximum Gasteiger partial charge on any atom is 0.258 e. The number of nitrogens with one attached hydrogen (secondary N) is 1. The molecule has 0 bridgehead atoms. The number of piperidine rings is 1. The molecular weight excluding hydrogens is 376 g/mol. The lowest BCUT2D eigenvalue weighted by molar-refractivity contribution is -0.123. The van der Waals surface area contributed by atoms with E-state index in [9.17, 15) is 4.79 Å². The third-order valence-electron chi connectivity index (χ3n) is 5.85. The fraction of sp³-hybridized carbons (Fsp3) is 0.480. The van der Waals surface area contributed by atoms with Crippen molar-refractivity contribution < 1.29 is 14.3 Å². The van der Waals surface area contributed by atoms with Crippen LogP contribution in [0.5, 0.6) is 11.5 Å². The van der Waals surface area contributed by atoms with Crippen molar-refractivity contribution in [2.75, 3.05) is 19.7 Å². The Labute approximate surface area is 179 Å². The molecule has 0 spiro atoms. The lowest BCUT2D eigenvalue weighted by Gasteiger charge is -2.27. The number of carbonyl (C=O) groups excluding carboxylic acids is 1. The quantitative estimate of drug-likeness (QED) is 0.750. The number of benzene rings is 2. The minimum atomic E-state index is -0.234. The van der Waals surface area contributed by atoms with Gasteiger partial charge in [-0.15, -0.1) is 0 Å². The zero-order valence-electron chi connectivity index (χ0n) is 18.1. The van der Waals surface area contributed by atoms with Gasteiger partial charge < -0.3 is 14.8 Å². The number of hydrogen-bond donors (Lipinski definition) is 1. The van der Waals surface area contributed by atoms with Gasteiger partial charge in [-0.2, -0.15) is 0 Å². The van der Waals surface area contributed by atoms with Crippen molar-refractivity contribution in [3.63, 3.8) is 0 Å². The SMILES string of the molecule is CC1(C)Cc2cccc(OCC(=O)NCc3ccccc3CN3CCCCC3)c2O1. The van der Waals surface area contributed by atoms with E-state index in [2.05, 4.69) is 48.3 Å². The van der Waals surface area contributed by atoms with Crippen LogP contribution in [0, 0.1) is 0 Å². The fourth-order valence-electron chi connectivity index (χ4n) is 4.33. The summed E-state index contributed by atoms with van der Waals surface area (Å²) in [7, 11) is 0. The van der Waals surface area contributed by atoms with E-state index >= 15 is 0 Å². The molecule has 2 aromatic carbocycles. The molecule has 5 nitrogen and oxygen atoms in total. The molecule has 5 heteroatoms. The number of hydrogen-bond acceptors (Lipinski definition) is 4. The van der Waals surface area contributed by atoms with Crippen LogP contribution in [0.1, 0.15) is 49.8 Å². The number of carbonyl (C=O) groups is 1. The molecule has 0 saturated carbocycles. The second kappa shape index (κ2) is 9.09. The second-order valence-corrected chi connectivity index (χ2v) is 8.95. The average Bonchev–Trinajstić information content (AvgIpc) is 3.06. The van der Waals surface area contributed by atoms with Gasteiger partial charge in [-0.25, -0.2) is 0 Å². The standard InChI is InChI=1S/C25H32N2O3/c1-25(2)15-19-11-8-12-22(24(19)30-25)29-18-23(28)26-16-20-9-4-5-10-21(20)17-27-13-6-3-7-14-27/h4-5,8-12H,3,6-7,13-18H2,1-2H3,(H,26,28). The van der Waals surface area contributed by atoms with E-state index in [-0.39, 0.29) is 18.1 Å².